The minimum atomic E-state index is -4.40. The monoisotopic (exact) mass is 445 g/mol. The molecule has 0 fully saturated rings. The summed E-state index contributed by atoms with van der Waals surface area (Å²) in [6.07, 6.45) is -5.65. The molecule has 2 aromatic rings. The van der Waals surface area contributed by atoms with Crippen molar-refractivity contribution < 1.29 is 32.5 Å². The number of alkyl halides is 3. The van der Waals surface area contributed by atoms with Gasteiger partial charge in [-0.15, -0.1) is 0 Å². The van der Waals surface area contributed by atoms with Crippen LogP contribution in [-0.2, 0) is 6.42 Å². The quantitative estimate of drug-likeness (QED) is 0.303. The number of carbonyl (C=O) groups excluding carboxylic acids is 1. The zero-order valence-corrected chi connectivity index (χ0v) is 17.4. The van der Waals surface area contributed by atoms with Gasteiger partial charge in [0, 0.05) is 30.2 Å². The number of phenols is 1. The van der Waals surface area contributed by atoms with E-state index in [1.54, 1.807) is 12.1 Å². The first kappa shape index (κ1) is 23.7. The maximum Gasteiger partial charge on any atom is 0.389 e. The molecule has 0 aliphatic heterocycles. The molecule has 9 heteroatoms. The maximum atomic E-state index is 12.6. The first-order valence-corrected chi connectivity index (χ1v) is 9.61. The average molecular weight is 446 g/mol. The molecule has 3 N–H and O–H groups in total. The number of nitrogen functional groups attached to an aromatic ring is 1. The number of Topliss-reactive ketones (excluding diaryl/α,β-unsaturated/α-hetero) is 1. The van der Waals surface area contributed by atoms with Gasteiger partial charge in [-0.1, -0.05) is 11.6 Å². The van der Waals surface area contributed by atoms with Gasteiger partial charge in [-0.25, -0.2) is 0 Å². The van der Waals surface area contributed by atoms with E-state index in [2.05, 4.69) is 0 Å². The average Bonchev–Trinajstić information content (AvgIpc) is 2.63. The van der Waals surface area contributed by atoms with Crippen LogP contribution in [0.5, 0.6) is 17.2 Å². The summed E-state index contributed by atoms with van der Waals surface area (Å²) in [5, 5.41) is 10.7. The second-order valence-electron chi connectivity index (χ2n) is 6.80. The van der Waals surface area contributed by atoms with Crippen LogP contribution in [0.2, 0.25) is 5.02 Å². The third-order valence-corrected chi connectivity index (χ3v) is 4.70. The van der Waals surface area contributed by atoms with Gasteiger partial charge in [0.15, 0.2) is 5.78 Å². The molecule has 0 aromatic heterocycles. The van der Waals surface area contributed by atoms with Gasteiger partial charge in [0.05, 0.1) is 23.8 Å². The van der Waals surface area contributed by atoms with Crippen LogP contribution in [0.25, 0.3) is 0 Å². The van der Waals surface area contributed by atoms with E-state index in [1.807, 2.05) is 6.92 Å². The van der Waals surface area contributed by atoms with Crippen LogP contribution in [0.3, 0.4) is 0 Å². The van der Waals surface area contributed by atoms with Crippen molar-refractivity contribution in [2.24, 2.45) is 0 Å². The number of carbonyl (C=O) groups is 1. The summed E-state index contributed by atoms with van der Waals surface area (Å²) in [7, 11) is 0. The Bertz CT molecular complexity index is 916. The number of halogens is 4. The molecule has 0 aliphatic carbocycles. The second kappa shape index (κ2) is 9.93. The van der Waals surface area contributed by atoms with Crippen molar-refractivity contribution in [3.05, 3.63) is 46.0 Å². The molecule has 0 spiro atoms. The van der Waals surface area contributed by atoms with Gasteiger partial charge in [0.2, 0.25) is 0 Å². The van der Waals surface area contributed by atoms with Crippen LogP contribution in [-0.4, -0.2) is 30.3 Å². The van der Waals surface area contributed by atoms with Crippen LogP contribution < -0.4 is 15.2 Å². The Balaban J connectivity index is 2.01. The first-order chi connectivity index (χ1) is 14.0. The van der Waals surface area contributed by atoms with Crippen molar-refractivity contribution >= 4 is 23.1 Å². The molecule has 2 aromatic carbocycles. The molecule has 0 bridgehead atoms. The third-order valence-electron chi connectivity index (χ3n) is 4.40. The standard InChI is InChI=1S/C21H23ClF3NO4/c1-12-10-16(22)19(11-17(12)26)30-9-3-8-29-18-5-4-14(13(2)27)20(28)15(18)6-7-21(23,24)25/h4-5,10-11,28H,3,6-9,26H2,1-2H3. The number of aromatic hydroxyl groups is 1. The normalized spacial score (nSPS) is 11.4. The van der Waals surface area contributed by atoms with Gasteiger partial charge in [-0.3, -0.25) is 4.79 Å². The zero-order valence-electron chi connectivity index (χ0n) is 16.6. The predicted molar refractivity (Wildman–Crippen MR) is 109 cm³/mol. The van der Waals surface area contributed by atoms with Gasteiger partial charge in [0.1, 0.15) is 17.2 Å². The molecular formula is C21H23ClF3NO4. The SMILES string of the molecule is CC(=O)c1ccc(OCCCOc2cc(N)c(C)cc2Cl)c(CCC(F)(F)F)c1O. The number of hydrogen-bond acceptors (Lipinski definition) is 5. The number of ether oxygens (including phenoxy) is 2. The maximum absolute atomic E-state index is 12.6. The first-order valence-electron chi connectivity index (χ1n) is 9.23. The fourth-order valence-corrected chi connectivity index (χ4v) is 3.02. The summed E-state index contributed by atoms with van der Waals surface area (Å²) in [6, 6.07) is 6.03. The highest BCUT2D eigenvalue weighted by Crippen LogP contribution is 2.35. The van der Waals surface area contributed by atoms with Crippen molar-refractivity contribution in [2.45, 2.75) is 39.3 Å². The van der Waals surface area contributed by atoms with E-state index >= 15 is 0 Å². The molecule has 5 nitrogen and oxygen atoms in total. The van der Waals surface area contributed by atoms with Crippen LogP contribution in [0, 0.1) is 6.92 Å². The van der Waals surface area contributed by atoms with Crippen LogP contribution in [0.1, 0.15) is 41.3 Å². The number of ketones is 1. The number of rotatable bonds is 9. The Morgan fingerprint density at radius 1 is 1.17 bits per heavy atom. The smallest absolute Gasteiger partial charge is 0.389 e. The lowest BCUT2D eigenvalue weighted by Crippen LogP contribution is -2.11. The summed E-state index contributed by atoms with van der Waals surface area (Å²) >= 11 is 6.10. The molecule has 0 heterocycles. The topological polar surface area (TPSA) is 81.8 Å². The van der Waals surface area contributed by atoms with E-state index in [4.69, 9.17) is 26.8 Å². The summed E-state index contributed by atoms with van der Waals surface area (Å²) in [5.74, 6) is -0.411. The van der Waals surface area contributed by atoms with E-state index in [0.29, 0.717) is 22.9 Å². The van der Waals surface area contributed by atoms with Crippen LogP contribution >= 0.6 is 11.6 Å². The number of anilines is 1. The minimum absolute atomic E-state index is 0.0460. The van der Waals surface area contributed by atoms with Gasteiger partial charge >= 0.3 is 6.18 Å². The van der Waals surface area contributed by atoms with E-state index < -0.39 is 30.6 Å². The zero-order chi connectivity index (χ0) is 22.5. The fraction of sp³-hybridized carbons (Fsp3) is 0.381. The van der Waals surface area contributed by atoms with Gasteiger partial charge in [-0.05, 0) is 44.0 Å². The molecular weight excluding hydrogens is 423 g/mol. The number of nitrogens with two attached hydrogens (primary N) is 1. The predicted octanol–water partition coefficient (Wildman–Crippen LogP) is 5.48. The summed E-state index contributed by atoms with van der Waals surface area (Å²) in [6.45, 7) is 3.40. The number of phenolic OH excluding ortho intramolecular Hbond substituents is 1. The number of hydrogen-bond donors (Lipinski definition) is 2. The highest BCUT2D eigenvalue weighted by atomic mass is 35.5. The van der Waals surface area contributed by atoms with Crippen LogP contribution in [0.4, 0.5) is 18.9 Å². The number of aryl methyl sites for hydroxylation is 1. The third kappa shape index (κ3) is 6.45. The molecule has 0 saturated heterocycles. The molecule has 0 saturated carbocycles. The Morgan fingerprint density at radius 3 is 2.40 bits per heavy atom. The molecule has 0 unspecified atom stereocenters. The number of benzene rings is 2. The van der Waals surface area contributed by atoms with E-state index in [1.165, 1.54) is 19.1 Å². The van der Waals surface area contributed by atoms with Crippen molar-refractivity contribution in [3.8, 4) is 17.2 Å². The van der Waals surface area contributed by atoms with Gasteiger partial charge in [-0.2, -0.15) is 13.2 Å². The van der Waals surface area contributed by atoms with Crippen molar-refractivity contribution in [1.29, 1.82) is 0 Å². The summed E-state index contributed by atoms with van der Waals surface area (Å²) < 4.78 is 49.0. The molecule has 0 atom stereocenters. The molecule has 2 rings (SSSR count). The van der Waals surface area contributed by atoms with E-state index in [0.717, 1.165) is 5.56 Å². The lowest BCUT2D eigenvalue weighted by Gasteiger charge is -2.16. The summed E-state index contributed by atoms with van der Waals surface area (Å²) in [5.41, 5.74) is 7.11. The Morgan fingerprint density at radius 2 is 1.80 bits per heavy atom. The highest BCUT2D eigenvalue weighted by Gasteiger charge is 2.28. The van der Waals surface area contributed by atoms with Gasteiger partial charge in [0.25, 0.3) is 0 Å². The lowest BCUT2D eigenvalue weighted by molar-refractivity contribution is -0.134. The van der Waals surface area contributed by atoms with E-state index in [9.17, 15) is 23.1 Å². The molecule has 164 valence electrons. The Labute approximate surface area is 177 Å². The van der Waals surface area contributed by atoms with Crippen molar-refractivity contribution in [1.82, 2.24) is 0 Å². The van der Waals surface area contributed by atoms with E-state index in [-0.39, 0.29) is 30.1 Å². The second-order valence-corrected chi connectivity index (χ2v) is 7.21. The largest absolute Gasteiger partial charge is 0.507 e. The molecule has 0 amide bonds. The van der Waals surface area contributed by atoms with Crippen molar-refractivity contribution in [3.63, 3.8) is 0 Å². The molecule has 0 radical (unpaired) electrons. The fourth-order valence-electron chi connectivity index (χ4n) is 2.75. The van der Waals surface area contributed by atoms with Crippen molar-refractivity contribution in [2.75, 3.05) is 18.9 Å². The Hall–Kier alpha value is -2.61. The minimum Gasteiger partial charge on any atom is -0.507 e. The Kier molecular flexibility index (Phi) is 7.83. The van der Waals surface area contributed by atoms with Gasteiger partial charge < -0.3 is 20.3 Å². The highest BCUT2D eigenvalue weighted by molar-refractivity contribution is 6.32. The lowest BCUT2D eigenvalue weighted by atomic mass is 10.0. The molecule has 0 aliphatic rings. The molecule has 30 heavy (non-hydrogen) atoms. The summed E-state index contributed by atoms with van der Waals surface area (Å²) in [4.78, 5) is 11.6. The van der Waals surface area contributed by atoms with Crippen LogP contribution in [0.15, 0.2) is 24.3 Å².